The van der Waals surface area contributed by atoms with Gasteiger partial charge < -0.3 is 14.5 Å². The van der Waals surface area contributed by atoms with Crippen molar-refractivity contribution in [2.24, 2.45) is 10.3 Å². The molecule has 3 aliphatic rings. The minimum atomic E-state index is -0.496. The summed E-state index contributed by atoms with van der Waals surface area (Å²) in [4.78, 5) is 44.6. The summed E-state index contributed by atoms with van der Waals surface area (Å²) in [6, 6.07) is 14.1. The number of oxime groups is 1. The number of halogens is 1. The van der Waals surface area contributed by atoms with Gasteiger partial charge in [0.2, 0.25) is 0 Å². The van der Waals surface area contributed by atoms with Gasteiger partial charge in [-0.15, -0.1) is 5.10 Å². The van der Waals surface area contributed by atoms with E-state index in [2.05, 4.69) is 26.1 Å². The molecule has 0 radical (unpaired) electrons. The lowest BCUT2D eigenvalue weighted by molar-refractivity contribution is -0.121. The van der Waals surface area contributed by atoms with Crippen LogP contribution in [0.1, 0.15) is 43.8 Å². The third kappa shape index (κ3) is 5.25. The highest BCUT2D eigenvalue weighted by Gasteiger charge is 2.47. The Kier molecular flexibility index (Phi) is 7.14. The lowest BCUT2D eigenvalue weighted by atomic mass is 10.1. The Bertz CT molecular complexity index is 1620. The number of carbonyl (C=O) groups excluding carboxylic acids is 3. The fraction of sp³-hybridized carbons (Fsp3) is 0.259. The van der Waals surface area contributed by atoms with Gasteiger partial charge in [-0.25, -0.2) is 5.43 Å². The Hall–Kier alpha value is -4.36. The number of amides is 3. The molecule has 2 unspecified atom stereocenters. The summed E-state index contributed by atoms with van der Waals surface area (Å²) in [5, 5.41) is 16.3. The number of hydrazone groups is 1. The number of nitrogens with zero attached hydrogens (tertiary/aromatic N) is 5. The molecular weight excluding hydrogens is 570 g/mol. The molecule has 2 aromatic carbocycles. The highest BCUT2D eigenvalue weighted by atomic mass is 35.5. The number of hydrogen-bond acceptors (Lipinski definition) is 9. The van der Waals surface area contributed by atoms with E-state index in [1.807, 2.05) is 36.9 Å². The van der Waals surface area contributed by atoms with Crippen LogP contribution in [-0.4, -0.2) is 61.8 Å². The number of thioether (sulfide) groups is 1. The van der Waals surface area contributed by atoms with E-state index < -0.39 is 11.8 Å². The fourth-order valence-electron chi connectivity index (χ4n) is 4.80. The summed E-state index contributed by atoms with van der Waals surface area (Å²) < 4.78 is 7.55. The van der Waals surface area contributed by atoms with Crippen LogP contribution in [0.15, 0.2) is 58.8 Å². The van der Waals surface area contributed by atoms with Crippen molar-refractivity contribution >= 4 is 52.1 Å². The number of aromatic nitrogens is 2. The molecule has 0 spiro atoms. The van der Waals surface area contributed by atoms with Gasteiger partial charge in [0.25, 0.3) is 17.7 Å². The molecule has 0 bridgehead atoms. The van der Waals surface area contributed by atoms with Gasteiger partial charge in [0.05, 0.1) is 23.4 Å². The molecule has 41 heavy (non-hydrogen) atoms. The second kappa shape index (κ2) is 10.9. The van der Waals surface area contributed by atoms with Gasteiger partial charge in [0.15, 0.2) is 17.1 Å². The van der Waals surface area contributed by atoms with Gasteiger partial charge >= 0.3 is 0 Å². The first-order valence-corrected chi connectivity index (χ1v) is 14.0. The molecule has 4 heterocycles. The third-order valence-corrected chi connectivity index (χ3v) is 8.18. The predicted molar refractivity (Wildman–Crippen MR) is 152 cm³/mol. The number of nitrogens with one attached hydrogen (secondary N) is 2. The van der Waals surface area contributed by atoms with E-state index in [4.69, 9.17) is 21.2 Å². The van der Waals surface area contributed by atoms with Crippen molar-refractivity contribution in [1.82, 2.24) is 25.4 Å². The lowest BCUT2D eigenvalue weighted by Gasteiger charge is -2.18. The average molecular weight is 594 g/mol. The van der Waals surface area contributed by atoms with E-state index in [-0.39, 0.29) is 48.1 Å². The zero-order valence-electron chi connectivity index (χ0n) is 22.0. The summed E-state index contributed by atoms with van der Waals surface area (Å²) in [7, 11) is 0. The zero-order valence-corrected chi connectivity index (χ0v) is 23.5. The van der Waals surface area contributed by atoms with Gasteiger partial charge in [-0.05, 0) is 49.7 Å². The van der Waals surface area contributed by atoms with Crippen molar-refractivity contribution in [2.75, 3.05) is 13.2 Å². The fourth-order valence-corrected chi connectivity index (χ4v) is 6.17. The quantitative estimate of drug-likeness (QED) is 0.300. The zero-order chi connectivity index (χ0) is 28.7. The molecule has 12 nitrogen and oxygen atoms in total. The molecule has 1 saturated heterocycles. The first kappa shape index (κ1) is 26.8. The minimum absolute atomic E-state index is 0.0189. The number of rotatable bonds is 8. The summed E-state index contributed by atoms with van der Waals surface area (Å²) in [5.41, 5.74) is 5.70. The molecule has 1 fully saturated rings. The van der Waals surface area contributed by atoms with Gasteiger partial charge in [-0.1, -0.05) is 46.7 Å². The molecular formula is C27H24ClN7O5S. The van der Waals surface area contributed by atoms with Crippen LogP contribution in [0.5, 0.6) is 5.75 Å². The number of ether oxygens (including phenoxy) is 1. The molecule has 3 aromatic rings. The monoisotopic (exact) mass is 593 g/mol. The number of carbonyl (C=O) groups is 3. The number of aryl methyl sites for hydroxylation is 2. The van der Waals surface area contributed by atoms with Crippen molar-refractivity contribution in [3.63, 3.8) is 0 Å². The van der Waals surface area contributed by atoms with Gasteiger partial charge in [0.1, 0.15) is 24.2 Å². The molecule has 3 amide bonds. The highest BCUT2D eigenvalue weighted by molar-refractivity contribution is 8.15. The van der Waals surface area contributed by atoms with Crippen LogP contribution in [0.2, 0.25) is 5.02 Å². The highest BCUT2D eigenvalue weighted by Crippen LogP contribution is 2.43. The molecule has 1 aromatic heterocycles. The van der Waals surface area contributed by atoms with Crippen molar-refractivity contribution in [1.29, 1.82) is 0 Å². The molecule has 0 aliphatic carbocycles. The number of amidine groups is 2. The Morgan fingerprint density at radius 2 is 2.00 bits per heavy atom. The number of imide groups is 1. The molecule has 2 atom stereocenters. The van der Waals surface area contributed by atoms with Crippen LogP contribution in [-0.2, 0) is 16.2 Å². The normalized spacial score (nSPS) is 20.0. The van der Waals surface area contributed by atoms with Crippen LogP contribution in [0, 0.1) is 13.8 Å². The first-order chi connectivity index (χ1) is 19.8. The first-order valence-electron chi connectivity index (χ1n) is 12.7. The van der Waals surface area contributed by atoms with Crippen LogP contribution in [0.4, 0.5) is 0 Å². The predicted octanol–water partition coefficient (Wildman–Crippen LogP) is 3.01. The minimum Gasteiger partial charge on any atom is -0.491 e. The van der Waals surface area contributed by atoms with Crippen LogP contribution in [0.3, 0.4) is 0 Å². The second-order valence-electron chi connectivity index (χ2n) is 9.54. The van der Waals surface area contributed by atoms with Gasteiger partial charge in [0, 0.05) is 10.7 Å². The second-order valence-corrected chi connectivity index (χ2v) is 11.1. The number of benzene rings is 2. The van der Waals surface area contributed by atoms with E-state index in [9.17, 15) is 14.4 Å². The maximum absolute atomic E-state index is 12.7. The average Bonchev–Trinajstić information content (AvgIpc) is 3.67. The van der Waals surface area contributed by atoms with Crippen LogP contribution in [0.25, 0.3) is 0 Å². The van der Waals surface area contributed by atoms with E-state index in [1.54, 1.807) is 35.0 Å². The Morgan fingerprint density at radius 1 is 1.20 bits per heavy atom. The summed E-state index contributed by atoms with van der Waals surface area (Å²) >= 11 is 7.47. The van der Waals surface area contributed by atoms with E-state index in [0.717, 1.165) is 17.0 Å². The van der Waals surface area contributed by atoms with Gasteiger partial charge in [-0.2, -0.15) is 5.10 Å². The Labute approximate surface area is 243 Å². The largest absolute Gasteiger partial charge is 0.491 e. The van der Waals surface area contributed by atoms with E-state index in [1.165, 1.54) is 11.8 Å². The standard InChI is InChI=1S/C27H24ClN7O5S/c1-14-12-15(2)35(32-14)13-20(36)30-31-27-34(10-11-39-19-5-3-4-18-21(19)26(38)29-25(18)37)24-23(41-27)22(40-33-24)16-6-8-17(28)9-7-16/h3-9,12,22-23H,10-11,13H2,1-2H3,(H,30,36)(H,29,37,38)/b31-27-. The van der Waals surface area contributed by atoms with Gasteiger partial charge in [-0.3, -0.25) is 24.4 Å². The number of hydrogen-bond donors (Lipinski definition) is 2. The van der Waals surface area contributed by atoms with Crippen molar-refractivity contribution in [2.45, 2.75) is 31.7 Å². The van der Waals surface area contributed by atoms with Crippen molar-refractivity contribution < 1.29 is 24.0 Å². The maximum atomic E-state index is 12.7. The maximum Gasteiger partial charge on any atom is 0.262 e. The SMILES string of the molecule is Cc1cc(C)n(CC(=O)N/N=C2\SC3C(=NOC3c3ccc(Cl)cc3)N2CCOc2cccc3c2C(=O)NC3=O)n1. The number of fused-ring (bicyclic) bond motifs is 2. The van der Waals surface area contributed by atoms with E-state index in [0.29, 0.717) is 21.8 Å². The van der Waals surface area contributed by atoms with Crippen molar-refractivity contribution in [3.8, 4) is 5.75 Å². The van der Waals surface area contributed by atoms with Crippen molar-refractivity contribution in [3.05, 3.63) is 81.6 Å². The molecule has 3 aliphatic heterocycles. The Morgan fingerprint density at radius 3 is 2.76 bits per heavy atom. The summed E-state index contributed by atoms with van der Waals surface area (Å²) in [6.07, 6.45) is -0.388. The topological polar surface area (TPSA) is 140 Å². The smallest absolute Gasteiger partial charge is 0.262 e. The Balaban J connectivity index is 1.20. The third-order valence-electron chi connectivity index (χ3n) is 6.70. The summed E-state index contributed by atoms with van der Waals surface area (Å²) in [5.74, 6) is -0.360. The molecule has 210 valence electrons. The van der Waals surface area contributed by atoms with Crippen LogP contribution < -0.4 is 15.5 Å². The van der Waals surface area contributed by atoms with Crippen LogP contribution >= 0.6 is 23.4 Å². The molecule has 0 saturated carbocycles. The molecule has 14 heteroatoms. The molecule has 2 N–H and O–H groups in total. The summed E-state index contributed by atoms with van der Waals surface area (Å²) in [6.45, 7) is 4.18. The van der Waals surface area contributed by atoms with E-state index >= 15 is 0 Å². The molecule has 6 rings (SSSR count). The lowest BCUT2D eigenvalue weighted by Crippen LogP contribution is -2.36.